The number of hydrogen-bond donors (Lipinski definition) is 0. The van der Waals surface area contributed by atoms with Crippen LogP contribution >= 0.6 is 0 Å². The van der Waals surface area contributed by atoms with E-state index in [1.165, 1.54) is 44.5 Å². The fraction of sp³-hybridized carbons (Fsp3) is 0.167. The highest BCUT2D eigenvalue weighted by Crippen LogP contribution is 2.27. The van der Waals surface area contributed by atoms with Crippen molar-refractivity contribution in [2.75, 3.05) is 0 Å². The molecule has 0 fully saturated rings. The van der Waals surface area contributed by atoms with Crippen molar-refractivity contribution >= 4 is 0 Å². The van der Waals surface area contributed by atoms with Gasteiger partial charge in [0.05, 0.1) is 56.9 Å². The normalized spacial score (nSPS) is 10.1. The molecule has 0 saturated heterocycles. The van der Waals surface area contributed by atoms with E-state index in [1.807, 2.05) is 355 Å². The summed E-state index contributed by atoms with van der Waals surface area (Å²) < 4.78 is 0. The summed E-state index contributed by atoms with van der Waals surface area (Å²) in [5, 5.41) is 0. The Balaban J connectivity index is 0.000000148. The van der Waals surface area contributed by atoms with Gasteiger partial charge >= 0.3 is 0 Å². The predicted octanol–water partition coefficient (Wildman–Crippen LogP) is 24.8. The Morgan fingerprint density at radius 1 is 0.167 bits per heavy atom. The van der Waals surface area contributed by atoms with Crippen molar-refractivity contribution < 1.29 is 0 Å². The van der Waals surface area contributed by atoms with Crippen LogP contribution in [0.3, 0.4) is 0 Å². The minimum atomic E-state index is 0.926. The van der Waals surface area contributed by atoms with Gasteiger partial charge in [-0.3, -0.25) is 89.7 Å². The molecule has 18 heteroatoms. The fourth-order valence-corrected chi connectivity index (χ4v) is 12.2. The quantitative estimate of drug-likeness (QED) is 0.131. The van der Waals surface area contributed by atoms with E-state index in [9.17, 15) is 0 Å². The minimum absolute atomic E-state index is 0.926. The van der Waals surface area contributed by atoms with Crippen LogP contribution in [0.1, 0.15) is 101 Å². The first kappa shape index (κ1) is 93.0. The zero-order valence-electron chi connectivity index (χ0n) is 75.2. The molecule has 0 bridgehead atoms. The summed E-state index contributed by atoms with van der Waals surface area (Å²) in [6, 6.07) is 70.8. The highest BCUT2D eigenvalue weighted by molar-refractivity contribution is 5.68. The summed E-state index contributed by atoms with van der Waals surface area (Å²) in [6.07, 6.45) is 35.1. The van der Waals surface area contributed by atoms with Crippen LogP contribution in [0.15, 0.2) is 330 Å². The van der Waals surface area contributed by atoms with Crippen LogP contribution in [0.5, 0.6) is 0 Å². The molecular formula is C108H108N18. The van der Waals surface area contributed by atoms with Gasteiger partial charge in [0.25, 0.3) is 0 Å². The van der Waals surface area contributed by atoms with Crippen molar-refractivity contribution in [2.24, 2.45) is 0 Å². The van der Waals surface area contributed by atoms with Gasteiger partial charge in [-0.25, -0.2) is 0 Å². The van der Waals surface area contributed by atoms with E-state index in [4.69, 9.17) is 0 Å². The van der Waals surface area contributed by atoms with Crippen LogP contribution in [-0.4, -0.2) is 89.7 Å². The molecule has 0 aliphatic carbocycles. The summed E-state index contributed by atoms with van der Waals surface area (Å²) in [4.78, 5) is 77.2. The Bertz CT molecular complexity index is 5620. The molecule has 0 saturated carbocycles. The Morgan fingerprint density at radius 3 is 0.841 bits per heavy atom. The first-order chi connectivity index (χ1) is 60.9. The third-order valence-corrected chi connectivity index (χ3v) is 19.2. The fourth-order valence-electron chi connectivity index (χ4n) is 12.2. The summed E-state index contributed by atoms with van der Waals surface area (Å²) in [5.41, 5.74) is 38.6. The van der Waals surface area contributed by atoms with Crippen LogP contribution in [-0.2, 0) is 0 Å². The molecule has 18 aromatic heterocycles. The molecule has 126 heavy (non-hydrogen) atoms. The van der Waals surface area contributed by atoms with Crippen LogP contribution in [0, 0.1) is 125 Å². The standard InChI is InChI=1S/9C12H12N2/c1-9-3-11(7-13-5-9)12-4-10(2)6-14-8-12;1-9-3-6-12(14-7-9)11-5-4-10(2)13-8-11;1-9-3-5-11(7-13-9)12-6-4-10(2)14-8-12;1-9-3-5-11(13-7-9)12-6-4-10(2)8-14-12;1-9-11(5-3-7-13-9)12-6-4-8-14-10(12)2;1-9-5-3-7-13-11(9)12-10(2)6-4-8-14-12;1-9-5-3-7-11(13-9)12-8-4-6-10(2)14-12;1-9-3-4-12(14-7-9)11-5-10(2)6-13-8-11;1-9-5-6-13-12(7-9)11-4-3-10(2)8-14-11/h9*3-8H,1-2H3. The van der Waals surface area contributed by atoms with E-state index < -0.39 is 0 Å². The zero-order chi connectivity index (χ0) is 89.7. The van der Waals surface area contributed by atoms with Gasteiger partial charge in [-0.2, -0.15) is 0 Å². The van der Waals surface area contributed by atoms with E-state index in [0.717, 1.165) is 158 Å². The molecule has 18 nitrogen and oxygen atoms in total. The van der Waals surface area contributed by atoms with Crippen molar-refractivity contribution in [1.82, 2.24) is 89.7 Å². The van der Waals surface area contributed by atoms with Gasteiger partial charge in [0.15, 0.2) is 0 Å². The Kier molecular flexibility index (Phi) is 35.3. The monoisotopic (exact) mass is 1660 g/mol. The van der Waals surface area contributed by atoms with E-state index in [2.05, 4.69) is 177 Å². The molecular weight excluding hydrogens is 1550 g/mol. The van der Waals surface area contributed by atoms with Crippen LogP contribution in [0.2, 0.25) is 0 Å². The SMILES string of the molecule is Cc1ccc(-c2cc(C)ccn2)nc1.Cc1ccc(-c2ccc(C)cn2)nc1.Cc1ccc(-c2ccc(C)nc2)cn1.Cc1ccc(-c2ccc(C)nc2)nc1.Cc1ccc(-c2cncc(C)c2)nc1.Cc1cccc(-c2cccc(C)n2)n1.Cc1cccnc1-c1ncccc1C.Cc1cncc(-c2cncc(C)c2)c1.Cc1ncccc1-c1cccnc1C. The van der Waals surface area contributed by atoms with Gasteiger partial charge in [0.2, 0.25) is 0 Å². The minimum Gasteiger partial charge on any atom is -0.264 e. The molecule has 630 valence electrons. The first-order valence-electron chi connectivity index (χ1n) is 41.5. The van der Waals surface area contributed by atoms with E-state index in [0.29, 0.717) is 0 Å². The Labute approximate surface area is 742 Å². The molecule has 0 N–H and O–H groups in total. The van der Waals surface area contributed by atoms with E-state index in [1.54, 1.807) is 12.4 Å². The lowest BCUT2D eigenvalue weighted by molar-refractivity contribution is 1.15. The lowest BCUT2D eigenvalue weighted by Gasteiger charge is -2.06. The second kappa shape index (κ2) is 47.8. The van der Waals surface area contributed by atoms with Gasteiger partial charge in [0, 0.05) is 202 Å². The molecule has 0 unspecified atom stereocenters. The maximum atomic E-state index is 4.42. The second-order valence-electron chi connectivity index (χ2n) is 30.6. The van der Waals surface area contributed by atoms with Gasteiger partial charge < -0.3 is 0 Å². The van der Waals surface area contributed by atoms with Crippen molar-refractivity contribution in [3.05, 3.63) is 431 Å². The summed E-state index contributed by atoms with van der Waals surface area (Å²) >= 11 is 0. The first-order valence-corrected chi connectivity index (χ1v) is 41.5. The number of nitrogens with zero attached hydrogens (tertiary/aromatic N) is 18. The molecule has 18 rings (SSSR count). The average Bonchev–Trinajstić information content (AvgIpc) is 0.835. The summed E-state index contributed by atoms with van der Waals surface area (Å²) in [6.45, 7) is 36.4. The van der Waals surface area contributed by atoms with Gasteiger partial charge in [-0.05, 0) is 319 Å². The maximum Gasteiger partial charge on any atom is 0.0917 e. The van der Waals surface area contributed by atoms with Crippen LogP contribution in [0.25, 0.3) is 101 Å². The number of rotatable bonds is 9. The van der Waals surface area contributed by atoms with Crippen LogP contribution in [0.4, 0.5) is 0 Å². The van der Waals surface area contributed by atoms with Gasteiger partial charge in [0.1, 0.15) is 0 Å². The predicted molar refractivity (Wildman–Crippen MR) is 512 cm³/mol. The van der Waals surface area contributed by atoms with Crippen molar-refractivity contribution in [1.29, 1.82) is 0 Å². The molecule has 0 aromatic carbocycles. The molecule has 0 amide bonds. The van der Waals surface area contributed by atoms with Crippen molar-refractivity contribution in [2.45, 2.75) is 125 Å². The number of hydrogen-bond acceptors (Lipinski definition) is 18. The lowest BCUT2D eigenvalue weighted by Crippen LogP contribution is -1.92. The Morgan fingerprint density at radius 2 is 0.508 bits per heavy atom. The molecule has 18 aromatic rings. The highest BCUT2D eigenvalue weighted by atomic mass is 14.8. The molecule has 0 atom stereocenters. The Hall–Kier alpha value is -15.3. The van der Waals surface area contributed by atoms with E-state index >= 15 is 0 Å². The molecule has 0 aliphatic heterocycles. The number of aryl methyl sites for hydroxylation is 18. The topological polar surface area (TPSA) is 232 Å². The highest BCUT2D eigenvalue weighted by Gasteiger charge is 2.10. The van der Waals surface area contributed by atoms with Crippen molar-refractivity contribution in [3.63, 3.8) is 0 Å². The number of pyridine rings is 18. The summed E-state index contributed by atoms with van der Waals surface area (Å²) in [5.74, 6) is 0. The third-order valence-electron chi connectivity index (χ3n) is 19.2. The molecule has 0 radical (unpaired) electrons. The van der Waals surface area contributed by atoms with Gasteiger partial charge in [-0.15, -0.1) is 0 Å². The zero-order valence-corrected chi connectivity index (χ0v) is 75.2. The second-order valence-corrected chi connectivity index (χ2v) is 30.6. The molecule has 18 heterocycles. The molecule has 0 aliphatic rings. The number of aromatic nitrogens is 18. The van der Waals surface area contributed by atoms with Gasteiger partial charge in [-0.1, -0.05) is 78.9 Å². The largest absolute Gasteiger partial charge is 0.264 e. The van der Waals surface area contributed by atoms with Crippen LogP contribution < -0.4 is 0 Å². The van der Waals surface area contributed by atoms with E-state index in [-0.39, 0.29) is 0 Å². The van der Waals surface area contributed by atoms with Crippen molar-refractivity contribution in [3.8, 4) is 101 Å². The average molecular weight is 1660 g/mol. The lowest BCUT2D eigenvalue weighted by atomic mass is 10.0. The summed E-state index contributed by atoms with van der Waals surface area (Å²) in [7, 11) is 0. The maximum absolute atomic E-state index is 4.42. The smallest absolute Gasteiger partial charge is 0.0917 e. The third kappa shape index (κ3) is 30.1. The molecule has 0 spiro atoms.